The largest absolute Gasteiger partial charge is 0.330 e. The Morgan fingerprint density at radius 2 is 2.29 bits per heavy atom. The van der Waals surface area contributed by atoms with E-state index in [0.717, 1.165) is 11.3 Å². The number of piperidine rings is 1. The van der Waals surface area contributed by atoms with E-state index in [-0.39, 0.29) is 11.7 Å². The average molecular weight is 251 g/mol. The molecule has 1 fully saturated rings. The quantitative estimate of drug-likeness (QED) is 0.808. The van der Waals surface area contributed by atoms with E-state index in [1.807, 2.05) is 31.4 Å². The lowest BCUT2D eigenvalue weighted by molar-refractivity contribution is -0.147. The molecule has 0 radical (unpaired) electrons. The third kappa shape index (κ3) is 2.41. The molecule has 0 aliphatic carbocycles. The molecular weight excluding hydrogens is 234 g/mol. The van der Waals surface area contributed by atoms with Crippen LogP contribution in [0.3, 0.4) is 0 Å². The maximum absolute atomic E-state index is 12.2. The molecule has 2 heterocycles. The van der Waals surface area contributed by atoms with Crippen LogP contribution in [0.4, 0.5) is 0 Å². The van der Waals surface area contributed by atoms with Gasteiger partial charge in [-0.05, 0) is 31.7 Å². The summed E-state index contributed by atoms with van der Waals surface area (Å²) < 4.78 is 0. The van der Waals surface area contributed by atoms with Gasteiger partial charge in [-0.25, -0.2) is 0 Å². The van der Waals surface area contributed by atoms with Crippen molar-refractivity contribution in [2.24, 2.45) is 0 Å². The first kappa shape index (κ1) is 12.3. The highest BCUT2D eigenvalue weighted by molar-refractivity contribution is 7.10. The summed E-state index contributed by atoms with van der Waals surface area (Å²) in [5.41, 5.74) is -0.632. The summed E-state index contributed by atoms with van der Waals surface area (Å²) in [4.78, 5) is 26.8. The van der Waals surface area contributed by atoms with Crippen molar-refractivity contribution < 1.29 is 9.59 Å². The van der Waals surface area contributed by atoms with Gasteiger partial charge in [0.1, 0.15) is 0 Å². The van der Waals surface area contributed by atoms with Crippen molar-refractivity contribution >= 4 is 23.0 Å². The van der Waals surface area contributed by atoms with Crippen LogP contribution in [0, 0.1) is 0 Å². The van der Waals surface area contributed by atoms with Gasteiger partial charge in [-0.2, -0.15) is 0 Å². The van der Waals surface area contributed by atoms with E-state index in [4.69, 9.17) is 0 Å². The molecule has 3 nitrogen and oxygen atoms in total. The third-order valence-electron chi connectivity index (χ3n) is 3.35. The van der Waals surface area contributed by atoms with Gasteiger partial charge in [0, 0.05) is 17.8 Å². The molecular formula is C13H17NO2S. The van der Waals surface area contributed by atoms with Gasteiger partial charge in [0.05, 0.1) is 12.0 Å². The number of thiophene rings is 1. The van der Waals surface area contributed by atoms with Crippen molar-refractivity contribution in [3.05, 3.63) is 22.4 Å². The third-order valence-corrected chi connectivity index (χ3v) is 4.23. The lowest BCUT2D eigenvalue weighted by Crippen LogP contribution is -2.56. The van der Waals surface area contributed by atoms with Crippen LogP contribution in [0.5, 0.6) is 0 Å². The number of amides is 1. The molecule has 92 valence electrons. The van der Waals surface area contributed by atoms with E-state index in [9.17, 15) is 9.59 Å². The number of likely N-dealkylation sites (tertiary alicyclic amines) is 1. The Kier molecular flexibility index (Phi) is 3.33. The summed E-state index contributed by atoms with van der Waals surface area (Å²) in [6, 6.07) is 3.90. The summed E-state index contributed by atoms with van der Waals surface area (Å²) in [6.07, 6.45) is 1.79. The minimum Gasteiger partial charge on any atom is -0.330 e. The highest BCUT2D eigenvalue weighted by Crippen LogP contribution is 2.25. The van der Waals surface area contributed by atoms with Gasteiger partial charge in [-0.15, -0.1) is 11.3 Å². The zero-order valence-electron chi connectivity index (χ0n) is 10.2. The second-order valence-corrected chi connectivity index (χ2v) is 5.92. The smallest absolute Gasteiger partial charge is 0.228 e. The van der Waals surface area contributed by atoms with Crippen LogP contribution in [-0.2, 0) is 16.0 Å². The van der Waals surface area contributed by atoms with Gasteiger partial charge in [0.15, 0.2) is 5.78 Å². The number of carbonyl (C=O) groups excluding carboxylic acids is 2. The van der Waals surface area contributed by atoms with Gasteiger partial charge < -0.3 is 4.90 Å². The summed E-state index contributed by atoms with van der Waals surface area (Å²) in [5.74, 6) is 0.230. The van der Waals surface area contributed by atoms with Crippen LogP contribution in [0.2, 0.25) is 0 Å². The van der Waals surface area contributed by atoms with Gasteiger partial charge in [-0.3, -0.25) is 9.59 Å². The Morgan fingerprint density at radius 1 is 1.53 bits per heavy atom. The second-order valence-electron chi connectivity index (χ2n) is 4.89. The summed E-state index contributed by atoms with van der Waals surface area (Å²) in [6.45, 7) is 4.39. The minimum absolute atomic E-state index is 0.0606. The van der Waals surface area contributed by atoms with E-state index < -0.39 is 5.54 Å². The number of hydrogen-bond acceptors (Lipinski definition) is 3. The lowest BCUT2D eigenvalue weighted by atomic mass is 9.88. The van der Waals surface area contributed by atoms with Crippen molar-refractivity contribution in [2.45, 2.75) is 38.6 Å². The van der Waals surface area contributed by atoms with Crippen LogP contribution in [0.25, 0.3) is 0 Å². The van der Waals surface area contributed by atoms with E-state index in [0.29, 0.717) is 19.4 Å². The first-order valence-corrected chi connectivity index (χ1v) is 6.76. The Morgan fingerprint density at radius 3 is 2.94 bits per heavy atom. The standard InChI is InChI=1S/C13H17NO2S/c1-13(2)11(15)6-3-7-14(13)12(16)9-10-5-4-8-17-10/h4-5,8H,3,6-7,9H2,1-2H3. The maximum Gasteiger partial charge on any atom is 0.228 e. The van der Waals surface area contributed by atoms with E-state index in [1.165, 1.54) is 0 Å². The molecule has 1 saturated heterocycles. The van der Waals surface area contributed by atoms with Crippen LogP contribution in [0.1, 0.15) is 31.6 Å². The predicted octanol–water partition coefficient (Wildman–Crippen LogP) is 2.26. The molecule has 0 bridgehead atoms. The Balaban J connectivity index is 2.10. The number of ketones is 1. The van der Waals surface area contributed by atoms with Gasteiger partial charge in [0.2, 0.25) is 5.91 Å². The molecule has 0 saturated carbocycles. The van der Waals surface area contributed by atoms with Gasteiger partial charge >= 0.3 is 0 Å². The number of nitrogens with zero attached hydrogens (tertiary/aromatic N) is 1. The number of Topliss-reactive ketones (excluding diaryl/α,β-unsaturated/α-hetero) is 1. The van der Waals surface area contributed by atoms with Crippen molar-refractivity contribution in [2.75, 3.05) is 6.54 Å². The molecule has 1 aliphatic heterocycles. The maximum atomic E-state index is 12.2. The SMILES string of the molecule is CC1(C)C(=O)CCCN1C(=O)Cc1cccs1. The van der Waals surface area contributed by atoms with Crippen molar-refractivity contribution in [3.8, 4) is 0 Å². The molecule has 0 aromatic carbocycles. The normalized spacial score (nSPS) is 19.4. The summed E-state index contributed by atoms with van der Waals surface area (Å²) in [7, 11) is 0. The molecule has 0 N–H and O–H groups in total. The molecule has 1 aromatic rings. The molecule has 1 amide bonds. The van der Waals surface area contributed by atoms with Crippen molar-refractivity contribution in [3.63, 3.8) is 0 Å². The van der Waals surface area contributed by atoms with Gasteiger partial charge in [-0.1, -0.05) is 6.07 Å². The van der Waals surface area contributed by atoms with Crippen LogP contribution in [0.15, 0.2) is 17.5 Å². The molecule has 1 aromatic heterocycles. The average Bonchev–Trinajstić information content (AvgIpc) is 2.74. The fraction of sp³-hybridized carbons (Fsp3) is 0.538. The summed E-state index contributed by atoms with van der Waals surface area (Å²) in [5, 5.41) is 1.97. The van der Waals surface area contributed by atoms with E-state index in [2.05, 4.69) is 0 Å². The molecule has 17 heavy (non-hydrogen) atoms. The first-order chi connectivity index (χ1) is 8.01. The monoisotopic (exact) mass is 251 g/mol. The van der Waals surface area contributed by atoms with Crippen molar-refractivity contribution in [1.82, 2.24) is 4.90 Å². The predicted molar refractivity (Wildman–Crippen MR) is 68.1 cm³/mol. The Bertz CT molecular complexity index is 423. The fourth-order valence-corrected chi connectivity index (χ4v) is 2.92. The lowest BCUT2D eigenvalue weighted by Gasteiger charge is -2.41. The first-order valence-electron chi connectivity index (χ1n) is 5.88. The van der Waals surface area contributed by atoms with Crippen molar-refractivity contribution in [1.29, 1.82) is 0 Å². The zero-order chi connectivity index (χ0) is 12.5. The molecule has 0 unspecified atom stereocenters. The van der Waals surface area contributed by atoms with E-state index >= 15 is 0 Å². The second kappa shape index (κ2) is 4.61. The molecule has 2 rings (SSSR count). The number of rotatable bonds is 2. The highest BCUT2D eigenvalue weighted by atomic mass is 32.1. The number of carbonyl (C=O) groups is 2. The van der Waals surface area contributed by atoms with Crippen LogP contribution < -0.4 is 0 Å². The number of hydrogen-bond donors (Lipinski definition) is 0. The molecule has 4 heteroatoms. The Hall–Kier alpha value is -1.16. The minimum atomic E-state index is -0.632. The molecule has 0 atom stereocenters. The fourth-order valence-electron chi connectivity index (χ4n) is 2.23. The highest BCUT2D eigenvalue weighted by Gasteiger charge is 2.39. The topological polar surface area (TPSA) is 37.4 Å². The summed E-state index contributed by atoms with van der Waals surface area (Å²) >= 11 is 1.58. The molecule has 0 spiro atoms. The van der Waals surface area contributed by atoms with Crippen LogP contribution in [-0.4, -0.2) is 28.7 Å². The van der Waals surface area contributed by atoms with Gasteiger partial charge in [0.25, 0.3) is 0 Å². The van der Waals surface area contributed by atoms with Crippen LogP contribution >= 0.6 is 11.3 Å². The molecule has 1 aliphatic rings. The van der Waals surface area contributed by atoms with E-state index in [1.54, 1.807) is 16.2 Å². The Labute approximate surface area is 105 Å². The zero-order valence-corrected chi connectivity index (χ0v) is 11.0.